The zero-order chi connectivity index (χ0) is 8.01. The van der Waals surface area contributed by atoms with Crippen molar-refractivity contribution in [2.45, 2.75) is 24.9 Å². The highest BCUT2D eigenvalue weighted by atomic mass is 127. The maximum absolute atomic E-state index is 10.7. The fraction of sp³-hybridized carbons (Fsp3) is 0.571. The Labute approximate surface area is 78.2 Å². The van der Waals surface area contributed by atoms with Crippen molar-refractivity contribution in [3.8, 4) is 0 Å². The van der Waals surface area contributed by atoms with Gasteiger partial charge in [0.2, 0.25) is 0 Å². The van der Waals surface area contributed by atoms with Gasteiger partial charge in [-0.25, -0.2) is 4.79 Å². The summed E-state index contributed by atoms with van der Waals surface area (Å²) in [5.41, 5.74) is 0. The number of hydrogen-bond acceptors (Lipinski definition) is 1. The van der Waals surface area contributed by atoms with E-state index in [0.717, 1.165) is 12.8 Å². The van der Waals surface area contributed by atoms with E-state index >= 15 is 0 Å². The Morgan fingerprint density at radius 2 is 2.45 bits per heavy atom. The molecule has 1 N–H and O–H groups in total. The Morgan fingerprint density at radius 3 is 2.73 bits per heavy atom. The number of hydrogen-bond donors (Lipinski definition) is 1. The lowest BCUT2D eigenvalue weighted by Crippen LogP contribution is -2.34. The third-order valence-electron chi connectivity index (χ3n) is 2.32. The molecule has 2 heterocycles. The van der Waals surface area contributed by atoms with Crippen LogP contribution in [-0.4, -0.2) is 28.2 Å². The van der Waals surface area contributed by atoms with Gasteiger partial charge in [0.05, 0.1) is 12.1 Å². The molecule has 0 spiro atoms. The standard InChI is InChI=1S/C7H8INO2/c8-5-3-4-1-2-6(5)9(4)7(10)11/h3-4,6H,1-2H2,(H,10,11)/t4-,6?/m1/s1. The number of amides is 1. The molecule has 4 heteroatoms. The van der Waals surface area contributed by atoms with Crippen molar-refractivity contribution in [1.29, 1.82) is 0 Å². The molecule has 0 saturated carbocycles. The van der Waals surface area contributed by atoms with Crippen molar-refractivity contribution in [3.05, 3.63) is 9.66 Å². The average Bonchev–Trinajstić information content (AvgIpc) is 2.41. The highest BCUT2D eigenvalue weighted by Crippen LogP contribution is 2.39. The van der Waals surface area contributed by atoms with Crippen molar-refractivity contribution in [1.82, 2.24) is 4.90 Å². The molecule has 1 unspecified atom stereocenters. The monoisotopic (exact) mass is 265 g/mol. The minimum atomic E-state index is -0.777. The van der Waals surface area contributed by atoms with Crippen LogP contribution < -0.4 is 0 Å². The Hall–Kier alpha value is -0.260. The molecule has 0 aromatic rings. The maximum atomic E-state index is 10.7. The lowest BCUT2D eigenvalue weighted by Gasteiger charge is -2.18. The minimum absolute atomic E-state index is 0.171. The summed E-state index contributed by atoms with van der Waals surface area (Å²) in [6.07, 6.45) is 3.29. The van der Waals surface area contributed by atoms with Gasteiger partial charge in [0.15, 0.2) is 0 Å². The van der Waals surface area contributed by atoms with Crippen LogP contribution in [0.3, 0.4) is 0 Å². The van der Waals surface area contributed by atoms with E-state index in [4.69, 9.17) is 5.11 Å². The number of nitrogens with zero attached hydrogens (tertiary/aromatic N) is 1. The average molecular weight is 265 g/mol. The minimum Gasteiger partial charge on any atom is -0.465 e. The summed E-state index contributed by atoms with van der Waals surface area (Å²) in [7, 11) is 0. The van der Waals surface area contributed by atoms with Gasteiger partial charge >= 0.3 is 6.09 Å². The summed E-state index contributed by atoms with van der Waals surface area (Å²) in [4.78, 5) is 12.3. The topological polar surface area (TPSA) is 40.5 Å². The van der Waals surface area contributed by atoms with E-state index in [1.807, 2.05) is 0 Å². The molecular formula is C7H8INO2. The number of carboxylic acid groups (broad SMARTS) is 1. The normalized spacial score (nSPS) is 34.3. The van der Waals surface area contributed by atoms with Gasteiger partial charge in [-0.2, -0.15) is 0 Å². The summed E-state index contributed by atoms with van der Waals surface area (Å²) in [5.74, 6) is 0. The lowest BCUT2D eigenvalue weighted by molar-refractivity contribution is 0.142. The van der Waals surface area contributed by atoms with E-state index in [1.54, 1.807) is 4.90 Å². The van der Waals surface area contributed by atoms with Crippen molar-refractivity contribution in [3.63, 3.8) is 0 Å². The number of halogens is 1. The molecule has 0 aliphatic carbocycles. The largest absolute Gasteiger partial charge is 0.465 e. The molecule has 2 aliphatic rings. The predicted octanol–water partition coefficient (Wildman–Crippen LogP) is 1.83. The van der Waals surface area contributed by atoms with Crippen LogP contribution in [-0.2, 0) is 0 Å². The van der Waals surface area contributed by atoms with Crippen LogP contribution in [0.5, 0.6) is 0 Å². The molecule has 3 nitrogen and oxygen atoms in total. The second kappa shape index (κ2) is 2.36. The fourth-order valence-corrected chi connectivity index (χ4v) is 2.87. The molecule has 2 aliphatic heterocycles. The second-order valence-electron chi connectivity index (χ2n) is 2.90. The number of carbonyl (C=O) groups is 1. The predicted molar refractivity (Wildman–Crippen MR) is 48.8 cm³/mol. The van der Waals surface area contributed by atoms with Gasteiger partial charge in [0.25, 0.3) is 0 Å². The molecule has 0 radical (unpaired) electrons. The molecule has 1 fully saturated rings. The molecule has 2 atom stereocenters. The smallest absolute Gasteiger partial charge is 0.408 e. The fourth-order valence-electron chi connectivity index (χ4n) is 1.84. The molecule has 11 heavy (non-hydrogen) atoms. The molecular weight excluding hydrogens is 257 g/mol. The quantitative estimate of drug-likeness (QED) is 0.679. The van der Waals surface area contributed by atoms with Crippen LogP contribution in [0, 0.1) is 0 Å². The van der Waals surface area contributed by atoms with E-state index < -0.39 is 6.09 Å². The second-order valence-corrected chi connectivity index (χ2v) is 4.15. The van der Waals surface area contributed by atoms with Crippen LogP contribution in [0.25, 0.3) is 0 Å². The van der Waals surface area contributed by atoms with Crippen molar-refractivity contribution in [2.75, 3.05) is 0 Å². The molecule has 0 aromatic heterocycles. The van der Waals surface area contributed by atoms with Crippen molar-refractivity contribution < 1.29 is 9.90 Å². The zero-order valence-corrected chi connectivity index (χ0v) is 7.98. The van der Waals surface area contributed by atoms with E-state index in [-0.39, 0.29) is 12.1 Å². The Bertz CT molecular complexity index is 239. The lowest BCUT2D eigenvalue weighted by atomic mass is 10.1. The van der Waals surface area contributed by atoms with E-state index in [2.05, 4.69) is 28.7 Å². The van der Waals surface area contributed by atoms with Gasteiger partial charge < -0.3 is 5.11 Å². The Morgan fingerprint density at radius 1 is 1.73 bits per heavy atom. The molecule has 2 rings (SSSR count). The zero-order valence-electron chi connectivity index (χ0n) is 5.83. The third kappa shape index (κ3) is 0.953. The van der Waals surface area contributed by atoms with Crippen LogP contribution >= 0.6 is 22.6 Å². The first-order valence-electron chi connectivity index (χ1n) is 3.58. The van der Waals surface area contributed by atoms with Gasteiger partial charge in [-0.3, -0.25) is 4.90 Å². The molecule has 1 saturated heterocycles. The van der Waals surface area contributed by atoms with Crippen LogP contribution in [0.4, 0.5) is 4.79 Å². The van der Waals surface area contributed by atoms with Crippen molar-refractivity contribution in [2.24, 2.45) is 0 Å². The summed E-state index contributed by atoms with van der Waals surface area (Å²) in [6, 6.07) is 0.350. The summed E-state index contributed by atoms with van der Waals surface area (Å²) in [6.45, 7) is 0. The Kier molecular flexibility index (Phi) is 1.59. The van der Waals surface area contributed by atoms with Crippen molar-refractivity contribution >= 4 is 28.7 Å². The van der Waals surface area contributed by atoms with E-state index in [0.29, 0.717) is 0 Å². The summed E-state index contributed by atoms with van der Waals surface area (Å²) >= 11 is 2.23. The first-order valence-corrected chi connectivity index (χ1v) is 4.66. The first kappa shape index (κ1) is 7.39. The number of fused-ring (bicyclic) bond motifs is 2. The SMILES string of the molecule is O=C(O)N1C2CC[C@@H]1C=C2I. The van der Waals surface area contributed by atoms with Gasteiger partial charge in [0.1, 0.15) is 0 Å². The van der Waals surface area contributed by atoms with E-state index in [1.165, 1.54) is 3.58 Å². The molecule has 0 aromatic carbocycles. The molecule has 1 amide bonds. The first-order chi connectivity index (χ1) is 5.20. The van der Waals surface area contributed by atoms with Gasteiger partial charge in [-0.1, -0.05) is 6.08 Å². The van der Waals surface area contributed by atoms with Gasteiger partial charge in [-0.05, 0) is 35.4 Å². The van der Waals surface area contributed by atoms with Crippen LogP contribution in [0.1, 0.15) is 12.8 Å². The summed E-state index contributed by atoms with van der Waals surface area (Å²) < 4.78 is 1.20. The highest BCUT2D eigenvalue weighted by molar-refractivity contribution is 14.1. The molecule has 60 valence electrons. The highest BCUT2D eigenvalue weighted by Gasteiger charge is 2.42. The Balaban J connectivity index is 2.26. The number of rotatable bonds is 0. The van der Waals surface area contributed by atoms with Gasteiger partial charge in [-0.15, -0.1) is 0 Å². The summed E-state index contributed by atoms with van der Waals surface area (Å²) in [5, 5.41) is 8.80. The molecule has 2 bridgehead atoms. The van der Waals surface area contributed by atoms with E-state index in [9.17, 15) is 4.79 Å². The van der Waals surface area contributed by atoms with Crippen LogP contribution in [0.2, 0.25) is 0 Å². The van der Waals surface area contributed by atoms with Crippen LogP contribution in [0.15, 0.2) is 9.66 Å². The third-order valence-corrected chi connectivity index (χ3v) is 3.40. The maximum Gasteiger partial charge on any atom is 0.408 e. The van der Waals surface area contributed by atoms with Gasteiger partial charge in [0, 0.05) is 3.58 Å².